The van der Waals surface area contributed by atoms with Crippen LogP contribution in [0.3, 0.4) is 0 Å². The standard InChI is InChI=1S/C25H30N4O2/c1-6-7-17-24(30)22(28-20-10-8-18(26)13(2)15(20)4)12-23(25(17)31)29-21-11-9-19(27)14(3)16(21)5/h8-12,28,30H,6-7,26-27H2,1-5H3. The Hall–Kier alpha value is -3.54. The summed E-state index contributed by atoms with van der Waals surface area (Å²) in [5, 5.41) is 14.1. The molecule has 0 unspecified atom stereocenters. The Morgan fingerprint density at radius 1 is 0.935 bits per heavy atom. The molecule has 0 bridgehead atoms. The highest BCUT2D eigenvalue weighted by Crippen LogP contribution is 2.31. The Morgan fingerprint density at radius 3 is 2.19 bits per heavy atom. The number of rotatable bonds is 5. The van der Waals surface area contributed by atoms with Crippen LogP contribution in [-0.2, 0) is 4.79 Å². The lowest BCUT2D eigenvalue weighted by atomic mass is 9.93. The Labute approximate surface area is 183 Å². The fourth-order valence-corrected chi connectivity index (χ4v) is 3.56. The lowest BCUT2D eigenvalue weighted by Crippen LogP contribution is -2.24. The number of allylic oxidation sites excluding steroid dienone is 2. The largest absolute Gasteiger partial charge is 0.505 e. The third kappa shape index (κ3) is 4.19. The van der Waals surface area contributed by atoms with Crippen LogP contribution in [0.15, 0.2) is 52.4 Å². The number of hydrogen-bond donors (Lipinski definition) is 4. The number of aliphatic hydroxyl groups is 1. The molecule has 0 amide bonds. The van der Waals surface area contributed by atoms with E-state index in [1.165, 1.54) is 0 Å². The lowest BCUT2D eigenvalue weighted by molar-refractivity contribution is -0.110. The van der Waals surface area contributed by atoms with Gasteiger partial charge in [-0.1, -0.05) is 13.3 Å². The van der Waals surface area contributed by atoms with Gasteiger partial charge in [-0.2, -0.15) is 0 Å². The zero-order valence-corrected chi connectivity index (χ0v) is 18.8. The molecule has 0 spiro atoms. The number of nitrogens with two attached hydrogens (primary N) is 2. The van der Waals surface area contributed by atoms with Crippen molar-refractivity contribution in [3.8, 4) is 0 Å². The molecular weight excluding hydrogens is 388 g/mol. The molecule has 0 heterocycles. The summed E-state index contributed by atoms with van der Waals surface area (Å²) in [6, 6.07) is 7.29. The van der Waals surface area contributed by atoms with Crippen LogP contribution in [0.1, 0.15) is 42.0 Å². The van der Waals surface area contributed by atoms with Crippen LogP contribution in [0.5, 0.6) is 0 Å². The second kappa shape index (κ2) is 8.68. The SMILES string of the molecule is CCCC1=C(O)C(Nc2ccc(N)c(C)c2C)=CC(=Nc2ccc(N)c(C)c2C)C1=O. The molecule has 162 valence electrons. The Balaban J connectivity index is 2.11. The monoisotopic (exact) mass is 418 g/mol. The predicted molar refractivity (Wildman–Crippen MR) is 129 cm³/mol. The first-order valence-electron chi connectivity index (χ1n) is 10.4. The van der Waals surface area contributed by atoms with Crippen molar-refractivity contribution in [2.24, 2.45) is 4.99 Å². The van der Waals surface area contributed by atoms with E-state index in [4.69, 9.17) is 11.5 Å². The zero-order valence-electron chi connectivity index (χ0n) is 18.8. The second-order valence-electron chi connectivity index (χ2n) is 7.96. The van der Waals surface area contributed by atoms with Gasteiger partial charge in [0, 0.05) is 22.6 Å². The van der Waals surface area contributed by atoms with Crippen molar-refractivity contribution in [3.05, 3.63) is 69.6 Å². The van der Waals surface area contributed by atoms with E-state index in [2.05, 4.69) is 10.3 Å². The fraction of sp³-hybridized carbons (Fsp3) is 0.280. The van der Waals surface area contributed by atoms with Crippen molar-refractivity contribution < 1.29 is 9.90 Å². The normalized spacial score (nSPS) is 15.5. The van der Waals surface area contributed by atoms with Gasteiger partial charge < -0.3 is 21.9 Å². The van der Waals surface area contributed by atoms with E-state index in [1.54, 1.807) is 12.1 Å². The molecule has 0 aromatic heterocycles. The van der Waals surface area contributed by atoms with Crippen LogP contribution in [0.25, 0.3) is 0 Å². The van der Waals surface area contributed by atoms with Crippen LogP contribution >= 0.6 is 0 Å². The number of ketones is 1. The molecule has 6 heteroatoms. The van der Waals surface area contributed by atoms with Gasteiger partial charge in [-0.25, -0.2) is 4.99 Å². The summed E-state index contributed by atoms with van der Waals surface area (Å²) in [4.78, 5) is 17.7. The maximum Gasteiger partial charge on any atom is 0.211 e. The van der Waals surface area contributed by atoms with E-state index in [9.17, 15) is 9.90 Å². The molecule has 0 radical (unpaired) electrons. The molecule has 0 fully saturated rings. The Bertz CT molecular complexity index is 1160. The van der Waals surface area contributed by atoms with Gasteiger partial charge in [-0.3, -0.25) is 4.79 Å². The maximum absolute atomic E-state index is 13.1. The number of Topliss-reactive ketones (excluding diaryl/α,β-unsaturated/α-hetero) is 1. The number of hydrogen-bond acceptors (Lipinski definition) is 6. The Kier molecular flexibility index (Phi) is 6.20. The third-order valence-electron chi connectivity index (χ3n) is 5.97. The highest BCUT2D eigenvalue weighted by atomic mass is 16.3. The number of carbonyl (C=O) groups excluding carboxylic acids is 1. The average molecular weight is 419 g/mol. The topological polar surface area (TPSA) is 114 Å². The molecule has 6 N–H and O–H groups in total. The van der Waals surface area contributed by atoms with E-state index in [0.29, 0.717) is 34.8 Å². The van der Waals surface area contributed by atoms with Gasteiger partial charge in [0.05, 0.1) is 11.4 Å². The molecule has 0 aliphatic heterocycles. The van der Waals surface area contributed by atoms with E-state index < -0.39 is 0 Å². The number of benzene rings is 2. The summed E-state index contributed by atoms with van der Waals surface area (Å²) >= 11 is 0. The quantitative estimate of drug-likeness (QED) is 0.386. The minimum atomic E-state index is -0.260. The number of nitrogens with zero attached hydrogens (tertiary/aromatic N) is 1. The van der Waals surface area contributed by atoms with Gasteiger partial charge in [0.2, 0.25) is 5.78 Å². The van der Waals surface area contributed by atoms with Gasteiger partial charge in [-0.05, 0) is 86.7 Å². The van der Waals surface area contributed by atoms with E-state index >= 15 is 0 Å². The van der Waals surface area contributed by atoms with Crippen molar-refractivity contribution >= 4 is 34.2 Å². The van der Waals surface area contributed by atoms with E-state index in [1.807, 2.05) is 52.8 Å². The molecule has 3 rings (SSSR count). The van der Waals surface area contributed by atoms with Crippen molar-refractivity contribution in [3.63, 3.8) is 0 Å². The number of carbonyl (C=O) groups is 1. The van der Waals surface area contributed by atoms with Crippen LogP contribution in [0, 0.1) is 27.7 Å². The molecule has 6 nitrogen and oxygen atoms in total. The molecule has 0 atom stereocenters. The summed E-state index contributed by atoms with van der Waals surface area (Å²) in [5.74, 6) is -0.297. The fourth-order valence-electron chi connectivity index (χ4n) is 3.56. The van der Waals surface area contributed by atoms with Crippen molar-refractivity contribution in [1.29, 1.82) is 0 Å². The Morgan fingerprint density at radius 2 is 1.55 bits per heavy atom. The molecule has 1 aliphatic rings. The highest BCUT2D eigenvalue weighted by Gasteiger charge is 2.27. The minimum absolute atomic E-state index is 0.0371. The second-order valence-corrected chi connectivity index (χ2v) is 7.96. The summed E-state index contributed by atoms with van der Waals surface area (Å²) in [5.41, 5.74) is 19.8. The number of aliphatic imine (C=N–C) groups is 1. The number of nitrogen functional groups attached to an aromatic ring is 2. The van der Waals surface area contributed by atoms with Crippen molar-refractivity contribution in [2.45, 2.75) is 47.5 Å². The first kappa shape index (κ1) is 22.2. The third-order valence-corrected chi connectivity index (χ3v) is 5.97. The molecule has 2 aromatic carbocycles. The smallest absolute Gasteiger partial charge is 0.211 e. The van der Waals surface area contributed by atoms with Crippen LogP contribution in [0.4, 0.5) is 22.7 Å². The van der Waals surface area contributed by atoms with Gasteiger partial charge in [-0.15, -0.1) is 0 Å². The summed E-state index contributed by atoms with van der Waals surface area (Å²) in [6.45, 7) is 9.75. The van der Waals surface area contributed by atoms with Crippen molar-refractivity contribution in [1.82, 2.24) is 0 Å². The summed E-state index contributed by atoms with van der Waals surface area (Å²) < 4.78 is 0. The number of anilines is 3. The lowest BCUT2D eigenvalue weighted by Gasteiger charge is -2.21. The first-order valence-corrected chi connectivity index (χ1v) is 10.4. The molecule has 1 aliphatic carbocycles. The summed E-state index contributed by atoms with van der Waals surface area (Å²) in [7, 11) is 0. The maximum atomic E-state index is 13.1. The van der Waals surface area contributed by atoms with Crippen LogP contribution < -0.4 is 16.8 Å². The number of nitrogens with one attached hydrogen (secondary N) is 1. The zero-order chi connectivity index (χ0) is 22.9. The van der Waals surface area contributed by atoms with Crippen LogP contribution in [0.2, 0.25) is 0 Å². The van der Waals surface area contributed by atoms with Gasteiger partial charge in [0.25, 0.3) is 0 Å². The van der Waals surface area contributed by atoms with Crippen molar-refractivity contribution in [2.75, 3.05) is 16.8 Å². The van der Waals surface area contributed by atoms with E-state index in [0.717, 1.165) is 34.4 Å². The first-order chi connectivity index (χ1) is 14.6. The molecule has 0 saturated heterocycles. The molecule has 31 heavy (non-hydrogen) atoms. The van der Waals surface area contributed by atoms with Crippen LogP contribution in [-0.4, -0.2) is 16.6 Å². The van der Waals surface area contributed by atoms with Gasteiger partial charge in [0.15, 0.2) is 0 Å². The minimum Gasteiger partial charge on any atom is -0.505 e. The summed E-state index contributed by atoms with van der Waals surface area (Å²) in [6.07, 6.45) is 2.79. The highest BCUT2D eigenvalue weighted by molar-refractivity contribution is 6.51. The molecular formula is C25H30N4O2. The molecule has 0 saturated carbocycles. The molecule has 2 aromatic rings. The van der Waals surface area contributed by atoms with E-state index in [-0.39, 0.29) is 17.3 Å². The number of aliphatic hydroxyl groups excluding tert-OH is 1. The van der Waals surface area contributed by atoms with Gasteiger partial charge in [0.1, 0.15) is 11.5 Å². The predicted octanol–water partition coefficient (Wildman–Crippen LogP) is 5.35. The van der Waals surface area contributed by atoms with Gasteiger partial charge >= 0.3 is 0 Å². The average Bonchev–Trinajstić information content (AvgIpc) is 2.74.